The number of sulfonamides is 1. The highest BCUT2D eigenvalue weighted by atomic mass is 32.2. The van der Waals surface area contributed by atoms with Crippen LogP contribution in [0.1, 0.15) is 25.7 Å². The molecule has 2 aliphatic rings. The van der Waals surface area contributed by atoms with E-state index in [0.29, 0.717) is 32.0 Å². The predicted octanol–water partition coefficient (Wildman–Crippen LogP) is 1.56. The smallest absolute Gasteiger partial charge is 0.240 e. The number of amides is 1. The first-order chi connectivity index (χ1) is 12.9. The summed E-state index contributed by atoms with van der Waals surface area (Å²) in [6.45, 7) is 1.25. The Labute approximate surface area is 163 Å². The molecule has 0 bridgehead atoms. The molecule has 2 N–H and O–H groups in total. The van der Waals surface area contributed by atoms with Gasteiger partial charge in [0, 0.05) is 25.2 Å². The number of nitrogens with one attached hydrogen (secondary N) is 2. The van der Waals surface area contributed by atoms with Crippen LogP contribution < -0.4 is 10.0 Å². The number of carbonyl (C=O) groups is 1. The van der Waals surface area contributed by atoms with Crippen LogP contribution in [0.2, 0.25) is 0 Å². The van der Waals surface area contributed by atoms with Crippen molar-refractivity contribution in [2.75, 3.05) is 20.1 Å². The van der Waals surface area contributed by atoms with Crippen LogP contribution in [0.3, 0.4) is 0 Å². The van der Waals surface area contributed by atoms with Gasteiger partial charge < -0.3 is 10.2 Å². The summed E-state index contributed by atoms with van der Waals surface area (Å²) < 4.78 is 29.3. The lowest BCUT2D eigenvalue weighted by atomic mass is 10.0. The van der Waals surface area contributed by atoms with Crippen molar-refractivity contribution in [2.45, 2.75) is 42.7 Å². The molecule has 1 aromatic heterocycles. The first kappa shape index (κ1) is 18.8. The Hall–Kier alpha value is -1.55. The third-order valence-electron chi connectivity index (χ3n) is 5.16. The molecule has 1 saturated carbocycles. The molecular formula is C18H24N4O3S2. The van der Waals surface area contributed by atoms with Gasteiger partial charge in [0.1, 0.15) is 0 Å². The number of carbonyl (C=O) groups excluding carboxylic acids is 1. The lowest BCUT2D eigenvalue weighted by Crippen LogP contribution is -2.42. The van der Waals surface area contributed by atoms with E-state index in [1.165, 1.54) is 11.3 Å². The zero-order valence-electron chi connectivity index (χ0n) is 15.2. The molecule has 2 aromatic rings. The second kappa shape index (κ2) is 7.46. The maximum absolute atomic E-state index is 12.8. The molecule has 0 spiro atoms. The number of hydrogen-bond donors (Lipinski definition) is 2. The van der Waals surface area contributed by atoms with E-state index in [1.54, 1.807) is 23.7 Å². The molecule has 146 valence electrons. The van der Waals surface area contributed by atoms with Gasteiger partial charge in [0.15, 0.2) is 0 Å². The van der Waals surface area contributed by atoms with E-state index < -0.39 is 10.0 Å². The molecule has 0 radical (unpaired) electrons. The minimum Gasteiger partial charge on any atom is -0.353 e. The highest BCUT2D eigenvalue weighted by Gasteiger charge is 2.32. The fourth-order valence-corrected chi connectivity index (χ4v) is 5.64. The van der Waals surface area contributed by atoms with Crippen LogP contribution in [0.4, 0.5) is 0 Å². The van der Waals surface area contributed by atoms with Crippen LogP contribution in [-0.2, 0) is 14.8 Å². The Morgan fingerprint density at radius 2 is 1.96 bits per heavy atom. The van der Waals surface area contributed by atoms with Crippen molar-refractivity contribution < 1.29 is 13.2 Å². The highest BCUT2D eigenvalue weighted by Crippen LogP contribution is 2.24. The number of rotatable bonds is 5. The van der Waals surface area contributed by atoms with Gasteiger partial charge in [-0.2, -0.15) is 0 Å². The van der Waals surface area contributed by atoms with Gasteiger partial charge in [-0.3, -0.25) is 4.79 Å². The number of hydrogen-bond acceptors (Lipinski definition) is 6. The maximum Gasteiger partial charge on any atom is 0.240 e. The molecule has 2 fully saturated rings. The van der Waals surface area contributed by atoms with E-state index in [1.807, 2.05) is 11.9 Å². The number of likely N-dealkylation sites (tertiary alicyclic amines) is 1. The summed E-state index contributed by atoms with van der Waals surface area (Å²) in [5.41, 5.74) is 2.51. The van der Waals surface area contributed by atoms with Crippen LogP contribution in [-0.4, -0.2) is 56.4 Å². The monoisotopic (exact) mass is 408 g/mol. The lowest BCUT2D eigenvalue weighted by molar-refractivity contribution is -0.125. The Balaban J connectivity index is 1.43. The first-order valence-electron chi connectivity index (χ1n) is 9.25. The molecule has 1 aromatic carbocycles. The summed E-state index contributed by atoms with van der Waals surface area (Å²) in [5, 5.41) is 3.07. The average molecular weight is 409 g/mol. The van der Waals surface area contributed by atoms with Crippen molar-refractivity contribution in [3.8, 4) is 0 Å². The Kier molecular flexibility index (Phi) is 5.19. The van der Waals surface area contributed by atoms with Gasteiger partial charge in [-0.25, -0.2) is 18.1 Å². The van der Waals surface area contributed by atoms with Crippen molar-refractivity contribution >= 4 is 37.5 Å². The predicted molar refractivity (Wildman–Crippen MR) is 105 cm³/mol. The molecule has 1 amide bonds. The Morgan fingerprint density at radius 3 is 2.74 bits per heavy atom. The van der Waals surface area contributed by atoms with Crippen LogP contribution in [0.5, 0.6) is 0 Å². The minimum atomic E-state index is -3.61. The van der Waals surface area contributed by atoms with E-state index in [0.717, 1.165) is 23.1 Å². The third kappa shape index (κ3) is 4.48. The second-order valence-electron chi connectivity index (χ2n) is 7.58. The number of benzene rings is 1. The Bertz CT molecular complexity index is 939. The number of thiazole rings is 1. The lowest BCUT2D eigenvalue weighted by Gasteiger charge is -2.21. The van der Waals surface area contributed by atoms with E-state index in [9.17, 15) is 13.2 Å². The fraction of sp³-hybridized carbons (Fsp3) is 0.556. The van der Waals surface area contributed by atoms with Crippen LogP contribution in [0.25, 0.3) is 10.2 Å². The largest absolute Gasteiger partial charge is 0.353 e. The van der Waals surface area contributed by atoms with Gasteiger partial charge in [0.05, 0.1) is 26.5 Å². The molecule has 4 rings (SSSR count). The molecular weight excluding hydrogens is 384 g/mol. The number of fused-ring (bicyclic) bond motifs is 1. The summed E-state index contributed by atoms with van der Waals surface area (Å²) in [6, 6.07) is 5.13. The topological polar surface area (TPSA) is 91.4 Å². The summed E-state index contributed by atoms with van der Waals surface area (Å²) in [7, 11) is -1.68. The van der Waals surface area contributed by atoms with Gasteiger partial charge in [-0.15, -0.1) is 11.3 Å². The van der Waals surface area contributed by atoms with E-state index in [4.69, 9.17) is 0 Å². The molecule has 2 heterocycles. The normalized spacial score (nSPS) is 24.6. The molecule has 27 heavy (non-hydrogen) atoms. The maximum atomic E-state index is 12.8. The van der Waals surface area contributed by atoms with Crippen molar-refractivity contribution in [1.82, 2.24) is 19.9 Å². The van der Waals surface area contributed by atoms with Crippen molar-refractivity contribution in [2.24, 2.45) is 5.92 Å². The molecule has 2 atom stereocenters. The van der Waals surface area contributed by atoms with Gasteiger partial charge in [-0.05, 0) is 50.9 Å². The number of likely N-dealkylation sites (N-methyl/N-ethyl adjacent to an activating group) is 1. The molecule has 1 saturated heterocycles. The van der Waals surface area contributed by atoms with Crippen molar-refractivity contribution in [3.63, 3.8) is 0 Å². The van der Waals surface area contributed by atoms with Crippen LogP contribution in [0.15, 0.2) is 28.6 Å². The van der Waals surface area contributed by atoms with Crippen LogP contribution in [0, 0.1) is 5.92 Å². The van der Waals surface area contributed by atoms with Crippen molar-refractivity contribution in [3.05, 3.63) is 23.7 Å². The summed E-state index contributed by atoms with van der Waals surface area (Å²) in [6.07, 6.45) is 3.47. The molecule has 1 aliphatic carbocycles. The van der Waals surface area contributed by atoms with E-state index in [2.05, 4.69) is 15.0 Å². The Morgan fingerprint density at radius 1 is 1.19 bits per heavy atom. The molecule has 9 heteroatoms. The highest BCUT2D eigenvalue weighted by molar-refractivity contribution is 7.89. The minimum absolute atomic E-state index is 0.0846. The van der Waals surface area contributed by atoms with Gasteiger partial charge in [0.25, 0.3) is 0 Å². The van der Waals surface area contributed by atoms with Crippen LogP contribution >= 0.6 is 11.3 Å². The number of nitrogens with zero attached hydrogens (tertiary/aromatic N) is 2. The third-order valence-corrected chi connectivity index (χ3v) is 7.47. The second-order valence-corrected chi connectivity index (χ2v) is 10.2. The van der Waals surface area contributed by atoms with Gasteiger partial charge in [0.2, 0.25) is 15.9 Å². The van der Waals surface area contributed by atoms with E-state index >= 15 is 0 Å². The average Bonchev–Trinajstić information content (AvgIpc) is 3.33. The summed E-state index contributed by atoms with van der Waals surface area (Å²) in [5.74, 6) is 0.0159. The zero-order valence-corrected chi connectivity index (χ0v) is 16.9. The quantitative estimate of drug-likeness (QED) is 0.784. The molecule has 7 nitrogen and oxygen atoms in total. The standard InChI is InChI=1S/C18H24N4O3S2/c1-22-9-12(18(23)20-13-4-5-13)2-3-14(10-22)21-27(24,25)15-6-7-16-17(8-15)26-11-19-16/h6-8,11-14,21H,2-5,9-10H2,1H3,(H,20,23)/t12-,14+/m1/s1. The van der Waals surface area contributed by atoms with Gasteiger partial charge in [-0.1, -0.05) is 0 Å². The summed E-state index contributed by atoms with van der Waals surface area (Å²) in [4.78, 5) is 18.9. The SMILES string of the molecule is CN1C[C@@H](NS(=O)(=O)c2ccc3ncsc3c2)CC[C@@H](C(=O)NC2CC2)C1. The zero-order chi connectivity index (χ0) is 19.0. The molecule has 1 aliphatic heterocycles. The van der Waals surface area contributed by atoms with E-state index in [-0.39, 0.29) is 22.8 Å². The first-order valence-corrected chi connectivity index (χ1v) is 11.6. The fourth-order valence-electron chi connectivity index (χ4n) is 3.56. The van der Waals surface area contributed by atoms with Gasteiger partial charge >= 0.3 is 0 Å². The van der Waals surface area contributed by atoms with Crippen molar-refractivity contribution in [1.29, 1.82) is 0 Å². The number of aromatic nitrogens is 1. The molecule has 0 unspecified atom stereocenters. The summed E-state index contributed by atoms with van der Waals surface area (Å²) >= 11 is 1.42.